The highest BCUT2D eigenvalue weighted by Crippen LogP contribution is 2.35. The molecule has 2 aromatic heterocycles. The molecule has 232 valence electrons. The zero-order valence-corrected chi connectivity index (χ0v) is 26.0. The molecule has 1 aliphatic rings. The molecule has 1 aliphatic heterocycles. The summed E-state index contributed by atoms with van der Waals surface area (Å²) >= 11 is 0. The van der Waals surface area contributed by atoms with Crippen LogP contribution in [0.25, 0.3) is 22.0 Å². The van der Waals surface area contributed by atoms with Gasteiger partial charge in [0.2, 0.25) is 10.0 Å². The molecule has 0 radical (unpaired) electrons. The molecule has 0 bridgehead atoms. The quantitative estimate of drug-likeness (QED) is 0.304. The zero-order chi connectivity index (χ0) is 31.8. The second kappa shape index (κ2) is 12.3. The fourth-order valence-electron chi connectivity index (χ4n) is 5.42. The molecule has 0 aliphatic carbocycles. The average Bonchev–Trinajstić information content (AvgIpc) is 3.25. The van der Waals surface area contributed by atoms with Crippen molar-refractivity contribution in [3.05, 3.63) is 82.8 Å². The number of sulfonamides is 1. The molecule has 0 unspecified atom stereocenters. The summed E-state index contributed by atoms with van der Waals surface area (Å²) < 4.78 is 57.8. The number of rotatable bonds is 7. The van der Waals surface area contributed by atoms with Crippen LogP contribution in [0.3, 0.4) is 0 Å². The van der Waals surface area contributed by atoms with Gasteiger partial charge in [-0.15, -0.1) is 0 Å². The summed E-state index contributed by atoms with van der Waals surface area (Å²) in [5, 5.41) is 15.4. The van der Waals surface area contributed by atoms with E-state index in [1.165, 1.54) is 16.4 Å². The molecule has 2 aromatic carbocycles. The fourth-order valence-corrected chi connectivity index (χ4v) is 6.88. The van der Waals surface area contributed by atoms with E-state index in [-0.39, 0.29) is 12.2 Å². The summed E-state index contributed by atoms with van der Waals surface area (Å²) in [5.74, 6) is 3.97. The minimum absolute atomic E-state index is 0.0902. The van der Waals surface area contributed by atoms with Crippen LogP contribution in [0, 0.1) is 23.5 Å². The van der Waals surface area contributed by atoms with Gasteiger partial charge >= 0.3 is 0 Å². The van der Waals surface area contributed by atoms with Gasteiger partial charge in [0.25, 0.3) is 0 Å². The molecule has 44 heavy (non-hydrogen) atoms. The first kappa shape index (κ1) is 31.7. The number of aromatic nitrogens is 3. The molecule has 1 saturated heterocycles. The Morgan fingerprint density at radius 1 is 1.02 bits per heavy atom. The summed E-state index contributed by atoms with van der Waals surface area (Å²) in [6.45, 7) is 5.31. The highest BCUT2D eigenvalue weighted by Gasteiger charge is 2.29. The van der Waals surface area contributed by atoms with Gasteiger partial charge in [-0.05, 0) is 63.1 Å². The van der Waals surface area contributed by atoms with Crippen molar-refractivity contribution in [2.24, 2.45) is 12.8 Å². The highest BCUT2D eigenvalue weighted by atomic mass is 32.2. The third-order valence-corrected chi connectivity index (χ3v) is 9.35. The summed E-state index contributed by atoms with van der Waals surface area (Å²) in [6.07, 6.45) is 0.0902. The van der Waals surface area contributed by atoms with Crippen LogP contribution in [0.1, 0.15) is 42.5 Å². The van der Waals surface area contributed by atoms with Gasteiger partial charge in [0.1, 0.15) is 28.7 Å². The number of nitrogens with zero attached hydrogens (tertiary/aromatic N) is 5. The van der Waals surface area contributed by atoms with Gasteiger partial charge in [0.15, 0.2) is 0 Å². The van der Waals surface area contributed by atoms with E-state index < -0.39 is 33.3 Å². The summed E-state index contributed by atoms with van der Waals surface area (Å²) in [6, 6.07) is 11.5. The maximum atomic E-state index is 14.0. The Hall–Kier alpha value is -3.73. The molecule has 9 nitrogen and oxygen atoms in total. The van der Waals surface area contributed by atoms with Crippen LogP contribution in [0.5, 0.6) is 0 Å². The van der Waals surface area contributed by atoms with E-state index in [9.17, 15) is 22.3 Å². The largest absolute Gasteiger partial charge is 0.378 e. The molecule has 1 fully saturated rings. The second-order valence-electron chi connectivity index (χ2n) is 11.8. The van der Waals surface area contributed by atoms with Crippen molar-refractivity contribution in [3.63, 3.8) is 0 Å². The minimum atomic E-state index is -3.60. The van der Waals surface area contributed by atoms with E-state index in [4.69, 9.17) is 10.7 Å². The Bertz CT molecular complexity index is 1850. The summed E-state index contributed by atoms with van der Waals surface area (Å²) in [5.41, 5.74) is 9.06. The molecule has 0 saturated carbocycles. The number of nitrogens with two attached hydrogens (primary N) is 1. The average molecular weight is 623 g/mol. The number of likely N-dealkylation sites (N-methyl/N-ethyl adjacent to an activating group) is 1. The topological polar surface area (TPSA) is 118 Å². The Morgan fingerprint density at radius 2 is 1.70 bits per heavy atom. The third kappa shape index (κ3) is 7.14. The number of aliphatic hydroxyl groups is 1. The van der Waals surface area contributed by atoms with Crippen LogP contribution in [0.4, 0.5) is 8.78 Å². The number of aryl methyl sites for hydroxylation is 1. The SMILES string of the molecule is CN1CCN(S(=O)(=O)Cc2nn(C)c3c(-c4ccc(C#CC(C)(C)O)nc4[C@@H](N)Cc4cc(F)cc(F)c4)cccc23)CC1. The number of hydrogen-bond donors (Lipinski definition) is 2. The van der Waals surface area contributed by atoms with Crippen LogP contribution in [-0.4, -0.2) is 76.3 Å². The van der Waals surface area contributed by atoms with Crippen molar-refractivity contribution in [1.29, 1.82) is 0 Å². The van der Waals surface area contributed by atoms with Gasteiger partial charge in [-0.3, -0.25) is 4.68 Å². The van der Waals surface area contributed by atoms with Crippen molar-refractivity contribution in [2.45, 2.75) is 37.7 Å². The number of halogens is 2. The normalized spacial score (nSPS) is 15.7. The van der Waals surface area contributed by atoms with E-state index in [1.807, 2.05) is 31.3 Å². The monoisotopic (exact) mass is 622 g/mol. The van der Waals surface area contributed by atoms with Crippen molar-refractivity contribution in [3.8, 4) is 23.0 Å². The lowest BCUT2D eigenvalue weighted by Gasteiger charge is -2.31. The maximum absolute atomic E-state index is 14.0. The number of piperazine rings is 1. The van der Waals surface area contributed by atoms with Crippen molar-refractivity contribution < 1.29 is 22.3 Å². The third-order valence-electron chi connectivity index (χ3n) is 7.56. The predicted octanol–water partition coefficient (Wildman–Crippen LogP) is 3.36. The number of pyridine rings is 1. The van der Waals surface area contributed by atoms with Gasteiger partial charge in [-0.25, -0.2) is 22.2 Å². The molecule has 0 spiro atoms. The Kier molecular flexibility index (Phi) is 8.89. The first-order valence-corrected chi connectivity index (χ1v) is 15.9. The second-order valence-corrected chi connectivity index (χ2v) is 13.7. The standard InChI is InChI=1S/C32H36F2N6O3S/c1-32(2,41)11-10-24-8-9-25(30(36-24)28(35)18-21-16-22(33)19-23(34)17-21)26-6-5-7-27-29(37-39(4)31(26)27)20-44(42,43)40-14-12-38(3)13-15-40/h5-9,16-17,19,28,41H,12-15,18,20,35H2,1-4H3/t28-/m0/s1. The molecule has 1 atom stereocenters. The van der Waals surface area contributed by atoms with Gasteiger partial charge in [0.05, 0.1) is 22.9 Å². The van der Waals surface area contributed by atoms with E-state index in [2.05, 4.69) is 21.8 Å². The Balaban J connectivity index is 1.58. The molecule has 3 heterocycles. The molecule has 3 N–H and O–H groups in total. The molecule has 4 aromatic rings. The van der Waals surface area contributed by atoms with Crippen molar-refractivity contribution in [2.75, 3.05) is 33.2 Å². The van der Waals surface area contributed by atoms with E-state index in [0.717, 1.165) is 6.07 Å². The first-order valence-electron chi connectivity index (χ1n) is 14.3. The minimum Gasteiger partial charge on any atom is -0.378 e. The van der Waals surface area contributed by atoms with E-state index >= 15 is 0 Å². The summed E-state index contributed by atoms with van der Waals surface area (Å²) in [4.78, 5) is 6.82. The van der Waals surface area contributed by atoms with Crippen molar-refractivity contribution in [1.82, 2.24) is 24.0 Å². The van der Waals surface area contributed by atoms with Crippen molar-refractivity contribution >= 4 is 20.9 Å². The molecule has 5 rings (SSSR count). The lowest BCUT2D eigenvalue weighted by atomic mass is 9.94. The fraction of sp³-hybridized carbons (Fsp3) is 0.375. The van der Waals surface area contributed by atoms with Gasteiger partial charge in [-0.2, -0.15) is 9.40 Å². The number of benzene rings is 2. The van der Waals surface area contributed by atoms with Gasteiger partial charge in [-0.1, -0.05) is 24.1 Å². The maximum Gasteiger partial charge on any atom is 0.220 e. The van der Waals surface area contributed by atoms with Crippen LogP contribution in [0.15, 0.2) is 48.5 Å². The molecular weight excluding hydrogens is 586 g/mol. The summed E-state index contributed by atoms with van der Waals surface area (Å²) in [7, 11) is 0.120. The number of hydrogen-bond acceptors (Lipinski definition) is 7. The lowest BCUT2D eigenvalue weighted by molar-refractivity contribution is 0.143. The van der Waals surface area contributed by atoms with Gasteiger partial charge in [0, 0.05) is 55.8 Å². The zero-order valence-electron chi connectivity index (χ0n) is 25.2. The predicted molar refractivity (Wildman–Crippen MR) is 166 cm³/mol. The smallest absolute Gasteiger partial charge is 0.220 e. The van der Waals surface area contributed by atoms with Crippen LogP contribution in [0.2, 0.25) is 0 Å². The molecule has 12 heteroatoms. The molecule has 0 amide bonds. The Labute approximate surface area is 256 Å². The molecular formula is C32H36F2N6O3S. The van der Waals surface area contributed by atoms with Crippen LogP contribution < -0.4 is 5.73 Å². The highest BCUT2D eigenvalue weighted by molar-refractivity contribution is 7.88. The first-order chi connectivity index (χ1) is 20.7. The number of para-hydroxylation sites is 1. The van der Waals surface area contributed by atoms with Crippen LogP contribution in [-0.2, 0) is 29.2 Å². The van der Waals surface area contributed by atoms with E-state index in [0.29, 0.717) is 70.9 Å². The van der Waals surface area contributed by atoms with Crippen LogP contribution >= 0.6 is 0 Å². The van der Waals surface area contributed by atoms with Gasteiger partial charge < -0.3 is 15.7 Å². The Morgan fingerprint density at radius 3 is 2.36 bits per heavy atom. The van der Waals surface area contributed by atoms with E-state index in [1.54, 1.807) is 31.6 Å². The number of fused-ring (bicyclic) bond motifs is 1. The lowest BCUT2D eigenvalue weighted by Crippen LogP contribution is -2.47.